The predicted molar refractivity (Wildman–Crippen MR) is 86.4 cm³/mol. The highest BCUT2D eigenvalue weighted by Crippen LogP contribution is 2.34. The van der Waals surface area contributed by atoms with Crippen molar-refractivity contribution >= 4 is 0 Å². The Hall–Kier alpha value is -1.54. The van der Waals surface area contributed by atoms with Crippen molar-refractivity contribution in [1.29, 1.82) is 0 Å². The van der Waals surface area contributed by atoms with E-state index in [0.29, 0.717) is 0 Å². The molecule has 1 N–H and O–H groups in total. The Kier molecular flexibility index (Phi) is 3.90. The smallest absolute Gasteiger partial charge is 0.0807 e. The van der Waals surface area contributed by atoms with Gasteiger partial charge < -0.3 is 9.67 Å². The van der Waals surface area contributed by atoms with Gasteiger partial charge in [0.05, 0.1) is 6.10 Å². The summed E-state index contributed by atoms with van der Waals surface area (Å²) in [4.78, 5) is 0. The van der Waals surface area contributed by atoms with Crippen molar-refractivity contribution in [2.75, 3.05) is 0 Å². The van der Waals surface area contributed by atoms with Gasteiger partial charge in [0, 0.05) is 23.0 Å². The van der Waals surface area contributed by atoms with Crippen molar-refractivity contribution in [2.45, 2.75) is 57.6 Å². The maximum atomic E-state index is 10.1. The molecule has 0 saturated carbocycles. The third kappa shape index (κ3) is 2.91. The zero-order valence-corrected chi connectivity index (χ0v) is 13.0. The summed E-state index contributed by atoms with van der Waals surface area (Å²) in [6, 6.07) is 12.8. The zero-order valence-electron chi connectivity index (χ0n) is 13.0. The number of hydrogen-bond donors (Lipinski definition) is 1. The Balaban J connectivity index is 1.79. The molecule has 0 fully saturated rings. The lowest BCUT2D eigenvalue weighted by atomic mass is 9.91. The molecule has 0 saturated heterocycles. The molecular formula is C19H25NO. The van der Waals surface area contributed by atoms with Crippen molar-refractivity contribution in [3.05, 3.63) is 59.4 Å². The number of aromatic nitrogens is 1. The van der Waals surface area contributed by atoms with E-state index < -0.39 is 0 Å². The van der Waals surface area contributed by atoms with E-state index >= 15 is 0 Å². The number of fused-ring (bicyclic) bond motifs is 1. The van der Waals surface area contributed by atoms with Crippen LogP contribution in [0.1, 0.15) is 56.0 Å². The topological polar surface area (TPSA) is 25.2 Å². The fourth-order valence-electron chi connectivity index (χ4n) is 3.45. The Morgan fingerprint density at radius 3 is 2.71 bits per heavy atom. The summed E-state index contributed by atoms with van der Waals surface area (Å²) in [7, 11) is 0. The lowest BCUT2D eigenvalue weighted by Gasteiger charge is -2.32. The lowest BCUT2D eigenvalue weighted by molar-refractivity contribution is 0.154. The number of aliphatic hydroxyl groups excluding tert-OH is 1. The quantitative estimate of drug-likeness (QED) is 0.892. The minimum absolute atomic E-state index is 0.0838. The average molecular weight is 283 g/mol. The van der Waals surface area contributed by atoms with Gasteiger partial charge in [0.15, 0.2) is 0 Å². The number of hydrogen-bond acceptors (Lipinski definition) is 1. The van der Waals surface area contributed by atoms with E-state index in [0.717, 1.165) is 37.7 Å². The van der Waals surface area contributed by atoms with Gasteiger partial charge in [0.2, 0.25) is 0 Å². The first kappa shape index (κ1) is 14.4. The molecule has 1 atom stereocenters. The van der Waals surface area contributed by atoms with Crippen molar-refractivity contribution < 1.29 is 5.11 Å². The number of aryl methyl sites for hydroxylation is 1. The predicted octanol–water partition coefficient (Wildman–Crippen LogP) is 4.23. The molecule has 2 nitrogen and oxygen atoms in total. The molecule has 3 rings (SSSR count). The highest BCUT2D eigenvalue weighted by molar-refractivity contribution is 5.28. The minimum atomic E-state index is -0.264. The third-order valence-electron chi connectivity index (χ3n) is 4.80. The van der Waals surface area contributed by atoms with Gasteiger partial charge in [-0.05, 0) is 57.6 Å². The lowest BCUT2D eigenvalue weighted by Crippen LogP contribution is -2.29. The fraction of sp³-hybridized carbons (Fsp3) is 0.474. The van der Waals surface area contributed by atoms with Gasteiger partial charge in [0.25, 0.3) is 0 Å². The van der Waals surface area contributed by atoms with E-state index in [4.69, 9.17) is 0 Å². The second kappa shape index (κ2) is 5.69. The standard InChI is InChI=1S/C19H25NO/c1-19(2,13-11-15-7-4-3-5-8-15)20-14-12-16-17(20)9-6-10-18(16)21/h3-5,7-8,12,14,18,21H,6,9-11,13H2,1-2H3. The van der Waals surface area contributed by atoms with Crippen LogP contribution >= 0.6 is 0 Å². The second-order valence-corrected chi connectivity index (χ2v) is 6.79. The molecule has 0 aliphatic heterocycles. The van der Waals surface area contributed by atoms with Crippen LogP contribution in [0.2, 0.25) is 0 Å². The van der Waals surface area contributed by atoms with E-state index in [1.54, 1.807) is 0 Å². The third-order valence-corrected chi connectivity index (χ3v) is 4.80. The Labute approximate surface area is 127 Å². The summed E-state index contributed by atoms with van der Waals surface area (Å²) in [5, 5.41) is 10.1. The molecule has 0 amide bonds. The first-order chi connectivity index (χ1) is 10.1. The van der Waals surface area contributed by atoms with Gasteiger partial charge in [-0.1, -0.05) is 30.3 Å². The van der Waals surface area contributed by atoms with E-state index in [1.165, 1.54) is 11.3 Å². The summed E-state index contributed by atoms with van der Waals surface area (Å²) in [6.07, 6.45) is 7.18. The van der Waals surface area contributed by atoms with Gasteiger partial charge in [-0.15, -0.1) is 0 Å². The molecule has 1 unspecified atom stereocenters. The molecule has 0 bridgehead atoms. The van der Waals surface area contributed by atoms with E-state index in [1.807, 2.05) is 0 Å². The number of rotatable bonds is 4. The summed E-state index contributed by atoms with van der Waals surface area (Å²) in [6.45, 7) is 4.61. The molecule has 1 heterocycles. The first-order valence-electron chi connectivity index (χ1n) is 8.00. The summed E-state index contributed by atoms with van der Waals surface area (Å²) in [5.74, 6) is 0. The molecule has 1 aliphatic carbocycles. The first-order valence-corrected chi connectivity index (χ1v) is 8.00. The molecule has 1 aromatic heterocycles. The molecule has 2 aromatic rings. The Morgan fingerprint density at radius 1 is 1.19 bits per heavy atom. The maximum absolute atomic E-state index is 10.1. The van der Waals surface area contributed by atoms with E-state index in [9.17, 15) is 5.11 Å². The highest BCUT2D eigenvalue weighted by Gasteiger charge is 2.27. The summed E-state index contributed by atoms with van der Waals surface area (Å²) in [5.41, 5.74) is 3.97. The Bertz CT molecular complexity index is 597. The van der Waals surface area contributed by atoms with Crippen molar-refractivity contribution in [2.24, 2.45) is 0 Å². The molecule has 0 radical (unpaired) electrons. The highest BCUT2D eigenvalue weighted by atomic mass is 16.3. The van der Waals surface area contributed by atoms with Crippen LogP contribution in [0.3, 0.4) is 0 Å². The zero-order chi connectivity index (χ0) is 14.9. The van der Waals surface area contributed by atoms with Gasteiger partial charge in [0.1, 0.15) is 0 Å². The number of benzene rings is 1. The number of nitrogens with zero attached hydrogens (tertiary/aromatic N) is 1. The fourth-order valence-corrected chi connectivity index (χ4v) is 3.45. The second-order valence-electron chi connectivity index (χ2n) is 6.79. The minimum Gasteiger partial charge on any atom is -0.388 e. The average Bonchev–Trinajstić information content (AvgIpc) is 2.93. The van der Waals surface area contributed by atoms with Gasteiger partial charge in [-0.25, -0.2) is 0 Å². The molecule has 112 valence electrons. The van der Waals surface area contributed by atoms with Gasteiger partial charge in [-0.3, -0.25) is 0 Å². The van der Waals surface area contributed by atoms with Crippen LogP contribution in [0.25, 0.3) is 0 Å². The number of aliphatic hydroxyl groups is 1. The van der Waals surface area contributed by atoms with Crippen LogP contribution in [-0.2, 0) is 18.4 Å². The maximum Gasteiger partial charge on any atom is 0.0807 e. The van der Waals surface area contributed by atoms with Crippen molar-refractivity contribution in [3.63, 3.8) is 0 Å². The monoisotopic (exact) mass is 283 g/mol. The molecule has 21 heavy (non-hydrogen) atoms. The summed E-state index contributed by atoms with van der Waals surface area (Å²) < 4.78 is 2.40. The van der Waals surface area contributed by atoms with Crippen LogP contribution in [0.4, 0.5) is 0 Å². The largest absolute Gasteiger partial charge is 0.388 e. The molecule has 1 aromatic carbocycles. The van der Waals surface area contributed by atoms with Crippen LogP contribution in [0, 0.1) is 0 Å². The molecule has 0 spiro atoms. The molecular weight excluding hydrogens is 258 g/mol. The van der Waals surface area contributed by atoms with Gasteiger partial charge >= 0.3 is 0 Å². The Morgan fingerprint density at radius 2 is 1.95 bits per heavy atom. The molecule has 1 aliphatic rings. The van der Waals surface area contributed by atoms with E-state index in [-0.39, 0.29) is 11.6 Å². The molecule has 2 heteroatoms. The SMILES string of the molecule is CC(C)(CCc1ccccc1)n1ccc2c1CCCC2O. The van der Waals surface area contributed by atoms with Crippen LogP contribution < -0.4 is 0 Å². The van der Waals surface area contributed by atoms with Crippen molar-refractivity contribution in [3.8, 4) is 0 Å². The van der Waals surface area contributed by atoms with Crippen molar-refractivity contribution in [1.82, 2.24) is 4.57 Å². The van der Waals surface area contributed by atoms with Gasteiger partial charge in [-0.2, -0.15) is 0 Å². The summed E-state index contributed by atoms with van der Waals surface area (Å²) >= 11 is 0. The normalized spacial score (nSPS) is 18.5. The van der Waals surface area contributed by atoms with Crippen LogP contribution in [0.15, 0.2) is 42.6 Å². The van der Waals surface area contributed by atoms with Crippen LogP contribution in [0.5, 0.6) is 0 Å². The van der Waals surface area contributed by atoms with E-state index in [2.05, 4.69) is 61.0 Å². The van der Waals surface area contributed by atoms with Crippen LogP contribution in [-0.4, -0.2) is 9.67 Å².